The van der Waals surface area contributed by atoms with Gasteiger partial charge in [0.25, 0.3) is 0 Å². The maximum atomic E-state index is 11.8. The van der Waals surface area contributed by atoms with Gasteiger partial charge in [0, 0.05) is 0 Å². The molecule has 7 heteroatoms. The van der Waals surface area contributed by atoms with Crippen molar-refractivity contribution < 1.29 is 27.5 Å². The van der Waals surface area contributed by atoms with Crippen LogP contribution >= 0.6 is 0 Å². The molecule has 0 fully saturated rings. The lowest BCUT2D eigenvalue weighted by molar-refractivity contribution is -0.202. The highest BCUT2D eigenvalue weighted by Crippen LogP contribution is 2.17. The van der Waals surface area contributed by atoms with Gasteiger partial charge in [0.1, 0.15) is 6.04 Å². The monoisotopic (exact) mass is 239 g/mol. The SMILES string of the molecule is C=CCC[C@H](NC)C(=O)OC(=O)C(F)(F)F. The van der Waals surface area contributed by atoms with Crippen molar-refractivity contribution in [3.05, 3.63) is 12.7 Å². The molecule has 1 N–H and O–H groups in total. The lowest BCUT2D eigenvalue weighted by Crippen LogP contribution is -2.39. The van der Waals surface area contributed by atoms with Crippen LogP contribution in [0.2, 0.25) is 0 Å². The first kappa shape index (κ1) is 14.6. The smallest absolute Gasteiger partial charge is 0.385 e. The molecule has 0 aromatic carbocycles. The molecule has 0 aromatic heterocycles. The van der Waals surface area contributed by atoms with Crippen LogP contribution in [-0.4, -0.2) is 31.2 Å². The van der Waals surface area contributed by atoms with E-state index >= 15 is 0 Å². The van der Waals surface area contributed by atoms with Crippen LogP contribution in [0.5, 0.6) is 0 Å². The van der Waals surface area contributed by atoms with Crippen molar-refractivity contribution in [1.29, 1.82) is 0 Å². The first-order valence-corrected chi connectivity index (χ1v) is 4.44. The Labute approximate surface area is 90.5 Å². The van der Waals surface area contributed by atoms with Crippen LogP contribution in [0.25, 0.3) is 0 Å². The summed E-state index contributed by atoms with van der Waals surface area (Å²) < 4.78 is 39.0. The molecular formula is C9H12F3NO3. The van der Waals surface area contributed by atoms with Gasteiger partial charge in [-0.15, -0.1) is 6.58 Å². The van der Waals surface area contributed by atoms with E-state index in [1.54, 1.807) is 0 Å². The van der Waals surface area contributed by atoms with E-state index in [0.29, 0.717) is 6.42 Å². The molecule has 0 saturated carbocycles. The molecule has 0 amide bonds. The summed E-state index contributed by atoms with van der Waals surface area (Å²) in [5.41, 5.74) is 0. The third-order valence-corrected chi connectivity index (χ3v) is 1.72. The Kier molecular flexibility index (Phi) is 5.73. The summed E-state index contributed by atoms with van der Waals surface area (Å²) in [6.45, 7) is 3.40. The maximum absolute atomic E-state index is 11.8. The average molecular weight is 239 g/mol. The fourth-order valence-corrected chi connectivity index (χ4v) is 0.885. The molecule has 0 radical (unpaired) electrons. The minimum atomic E-state index is -5.16. The van der Waals surface area contributed by atoms with Crippen LogP contribution in [0.4, 0.5) is 13.2 Å². The first-order valence-electron chi connectivity index (χ1n) is 4.44. The number of hydrogen-bond acceptors (Lipinski definition) is 4. The number of rotatable bonds is 5. The Hall–Kier alpha value is -1.37. The van der Waals surface area contributed by atoms with Crippen LogP contribution in [-0.2, 0) is 14.3 Å². The molecule has 4 nitrogen and oxygen atoms in total. The zero-order chi connectivity index (χ0) is 12.8. The van der Waals surface area contributed by atoms with Gasteiger partial charge in [-0.3, -0.25) is 0 Å². The Morgan fingerprint density at radius 2 is 2.06 bits per heavy atom. The van der Waals surface area contributed by atoms with Crippen molar-refractivity contribution in [2.75, 3.05) is 7.05 Å². The highest BCUT2D eigenvalue weighted by atomic mass is 19.4. The van der Waals surface area contributed by atoms with Gasteiger partial charge in [-0.05, 0) is 19.9 Å². The number of carbonyl (C=O) groups is 2. The molecule has 0 aliphatic heterocycles. The minimum absolute atomic E-state index is 0.212. The first-order chi connectivity index (χ1) is 7.32. The van der Waals surface area contributed by atoms with Crippen molar-refractivity contribution >= 4 is 11.9 Å². The lowest BCUT2D eigenvalue weighted by Gasteiger charge is -2.13. The Morgan fingerprint density at radius 1 is 1.50 bits per heavy atom. The Morgan fingerprint density at radius 3 is 2.44 bits per heavy atom. The summed E-state index contributed by atoms with van der Waals surface area (Å²) >= 11 is 0. The molecule has 16 heavy (non-hydrogen) atoms. The second kappa shape index (κ2) is 6.26. The standard InChI is InChI=1S/C9H12F3NO3/c1-3-4-5-6(13-2)7(14)16-8(15)9(10,11)12/h3,6,13H,1,4-5H2,2H3/t6-/m0/s1. The van der Waals surface area contributed by atoms with E-state index in [2.05, 4.69) is 16.6 Å². The number of carbonyl (C=O) groups excluding carboxylic acids is 2. The molecule has 0 bridgehead atoms. The molecule has 1 atom stereocenters. The van der Waals surface area contributed by atoms with E-state index in [1.165, 1.54) is 13.1 Å². The van der Waals surface area contributed by atoms with E-state index in [0.717, 1.165) is 0 Å². The van der Waals surface area contributed by atoms with E-state index in [-0.39, 0.29) is 6.42 Å². The topological polar surface area (TPSA) is 55.4 Å². The van der Waals surface area contributed by atoms with Crippen LogP contribution < -0.4 is 5.32 Å². The van der Waals surface area contributed by atoms with Crippen molar-refractivity contribution in [1.82, 2.24) is 5.32 Å². The molecule has 0 heterocycles. The highest BCUT2D eigenvalue weighted by molar-refractivity contribution is 5.90. The fourth-order valence-electron chi connectivity index (χ4n) is 0.885. The van der Waals surface area contributed by atoms with Gasteiger partial charge >= 0.3 is 18.1 Å². The van der Waals surface area contributed by atoms with Gasteiger partial charge in [0.05, 0.1) is 0 Å². The van der Waals surface area contributed by atoms with E-state index < -0.39 is 24.2 Å². The third-order valence-electron chi connectivity index (χ3n) is 1.72. The summed E-state index contributed by atoms with van der Waals surface area (Å²) in [4.78, 5) is 21.5. The quantitative estimate of drug-likeness (QED) is 0.444. The fraction of sp³-hybridized carbons (Fsp3) is 0.556. The lowest BCUT2D eigenvalue weighted by atomic mass is 10.1. The summed E-state index contributed by atoms with van der Waals surface area (Å²) in [7, 11) is 1.38. The zero-order valence-corrected chi connectivity index (χ0v) is 8.63. The number of likely N-dealkylation sites (N-methyl/N-ethyl adjacent to an activating group) is 1. The number of alkyl halides is 3. The summed E-state index contributed by atoms with van der Waals surface area (Å²) in [5, 5.41) is 2.45. The molecule has 0 unspecified atom stereocenters. The normalized spacial score (nSPS) is 13.0. The molecular weight excluding hydrogens is 227 g/mol. The average Bonchev–Trinajstić information content (AvgIpc) is 2.17. The molecule has 0 aliphatic carbocycles. The largest absolute Gasteiger partial charge is 0.491 e. The van der Waals surface area contributed by atoms with Crippen LogP contribution in [0, 0.1) is 0 Å². The van der Waals surface area contributed by atoms with Gasteiger partial charge in [0.15, 0.2) is 0 Å². The van der Waals surface area contributed by atoms with E-state index in [1.807, 2.05) is 0 Å². The third kappa shape index (κ3) is 4.92. The summed E-state index contributed by atoms with van der Waals surface area (Å²) in [6, 6.07) is -0.954. The number of allylic oxidation sites excluding steroid dienone is 1. The van der Waals surface area contributed by atoms with Gasteiger partial charge in [0.2, 0.25) is 0 Å². The van der Waals surface area contributed by atoms with Crippen LogP contribution in [0.15, 0.2) is 12.7 Å². The molecule has 0 aliphatic rings. The Balaban J connectivity index is 4.31. The molecule has 0 rings (SSSR count). The zero-order valence-electron chi connectivity index (χ0n) is 8.63. The molecule has 0 spiro atoms. The van der Waals surface area contributed by atoms with Gasteiger partial charge in [-0.1, -0.05) is 6.08 Å². The van der Waals surface area contributed by atoms with E-state index in [9.17, 15) is 22.8 Å². The minimum Gasteiger partial charge on any atom is -0.385 e. The number of hydrogen-bond donors (Lipinski definition) is 1. The van der Waals surface area contributed by atoms with Crippen molar-refractivity contribution in [3.8, 4) is 0 Å². The predicted octanol–water partition coefficient (Wildman–Crippen LogP) is 1.17. The summed E-state index contributed by atoms with van der Waals surface area (Å²) in [6.07, 6.45) is -3.03. The van der Waals surface area contributed by atoms with Gasteiger partial charge in [-0.25, -0.2) is 9.59 Å². The predicted molar refractivity (Wildman–Crippen MR) is 49.4 cm³/mol. The number of halogens is 3. The van der Waals surface area contributed by atoms with E-state index in [4.69, 9.17) is 0 Å². The molecule has 92 valence electrons. The number of esters is 2. The molecule has 0 saturated heterocycles. The van der Waals surface area contributed by atoms with Crippen LogP contribution in [0.1, 0.15) is 12.8 Å². The number of ether oxygens (including phenoxy) is 1. The Bertz CT molecular complexity index is 276. The van der Waals surface area contributed by atoms with Crippen molar-refractivity contribution in [2.24, 2.45) is 0 Å². The van der Waals surface area contributed by atoms with Gasteiger partial charge in [-0.2, -0.15) is 13.2 Å². The summed E-state index contributed by atoms with van der Waals surface area (Å²) in [5.74, 6) is -3.75. The van der Waals surface area contributed by atoms with Crippen molar-refractivity contribution in [2.45, 2.75) is 25.1 Å². The maximum Gasteiger partial charge on any atom is 0.491 e. The van der Waals surface area contributed by atoms with Crippen molar-refractivity contribution in [3.63, 3.8) is 0 Å². The number of nitrogens with one attached hydrogen (secondary N) is 1. The van der Waals surface area contributed by atoms with Gasteiger partial charge < -0.3 is 10.1 Å². The second-order valence-corrected chi connectivity index (χ2v) is 2.91. The highest BCUT2D eigenvalue weighted by Gasteiger charge is 2.43. The molecule has 0 aromatic rings. The van der Waals surface area contributed by atoms with Crippen LogP contribution in [0.3, 0.4) is 0 Å². The second-order valence-electron chi connectivity index (χ2n) is 2.91.